The maximum Gasteiger partial charge on any atom is 0.0975 e. The first-order chi connectivity index (χ1) is 16.6. The van der Waals surface area contributed by atoms with Gasteiger partial charge in [0.2, 0.25) is 0 Å². The van der Waals surface area contributed by atoms with Gasteiger partial charge in [-0.05, 0) is 42.2 Å². The van der Waals surface area contributed by atoms with Gasteiger partial charge in [0.15, 0.2) is 0 Å². The summed E-state index contributed by atoms with van der Waals surface area (Å²) in [6.07, 6.45) is 3.17. The lowest BCUT2D eigenvalue weighted by atomic mass is 9.93. The maximum absolute atomic E-state index is 4.50. The Balaban J connectivity index is 0.000000202. The van der Waals surface area contributed by atoms with E-state index in [1.165, 1.54) is 27.5 Å². The normalized spacial score (nSPS) is 11.8. The lowest BCUT2D eigenvalue weighted by Crippen LogP contribution is -2.19. The Morgan fingerprint density at radius 3 is 1.94 bits per heavy atom. The minimum Gasteiger partial charge on any atom is -0.344 e. The van der Waals surface area contributed by atoms with Crippen molar-refractivity contribution in [3.63, 3.8) is 0 Å². The topological polar surface area (TPSA) is 24.4 Å². The van der Waals surface area contributed by atoms with Gasteiger partial charge in [0.05, 0.1) is 5.84 Å². The summed E-state index contributed by atoms with van der Waals surface area (Å²) >= 11 is 0. The van der Waals surface area contributed by atoms with Crippen LogP contribution in [0.25, 0.3) is 16.5 Å². The summed E-state index contributed by atoms with van der Waals surface area (Å²) in [4.78, 5) is 4.50. The molecular formula is C32H36N2. The van der Waals surface area contributed by atoms with Crippen molar-refractivity contribution in [3.05, 3.63) is 126 Å². The van der Waals surface area contributed by atoms with E-state index in [9.17, 15) is 0 Å². The lowest BCUT2D eigenvalue weighted by molar-refractivity contribution is 0.922. The quantitative estimate of drug-likeness (QED) is 0.232. The highest BCUT2D eigenvalue weighted by Crippen LogP contribution is 2.24. The monoisotopic (exact) mass is 448 g/mol. The van der Waals surface area contributed by atoms with E-state index in [0.717, 1.165) is 24.5 Å². The fourth-order valence-corrected chi connectivity index (χ4v) is 3.95. The van der Waals surface area contributed by atoms with Gasteiger partial charge in [-0.25, -0.2) is 0 Å². The lowest BCUT2D eigenvalue weighted by Gasteiger charge is -2.13. The zero-order valence-corrected chi connectivity index (χ0v) is 20.8. The van der Waals surface area contributed by atoms with Crippen LogP contribution in [0.1, 0.15) is 56.7 Å². The second-order valence-corrected chi connectivity index (χ2v) is 8.36. The van der Waals surface area contributed by atoms with Gasteiger partial charge in [-0.2, -0.15) is 0 Å². The van der Waals surface area contributed by atoms with E-state index in [4.69, 9.17) is 0 Å². The Morgan fingerprint density at radius 1 is 0.794 bits per heavy atom. The second-order valence-electron chi connectivity index (χ2n) is 8.36. The van der Waals surface area contributed by atoms with Crippen molar-refractivity contribution in [1.29, 1.82) is 0 Å². The van der Waals surface area contributed by atoms with Crippen molar-refractivity contribution in [3.8, 4) is 0 Å². The van der Waals surface area contributed by atoms with Gasteiger partial charge in [0, 0.05) is 23.7 Å². The predicted octanol–water partition coefficient (Wildman–Crippen LogP) is 8.46. The van der Waals surface area contributed by atoms with Gasteiger partial charge in [0.25, 0.3) is 0 Å². The second kappa shape index (κ2) is 13.2. The summed E-state index contributed by atoms with van der Waals surface area (Å²) in [6, 6.07) is 36.0. The Hall–Kier alpha value is -3.65. The minimum absolute atomic E-state index is 0.484. The molecule has 34 heavy (non-hydrogen) atoms. The van der Waals surface area contributed by atoms with E-state index in [1.807, 2.05) is 6.92 Å². The van der Waals surface area contributed by atoms with Crippen molar-refractivity contribution >= 4 is 22.3 Å². The molecule has 0 unspecified atom stereocenters. The smallest absolute Gasteiger partial charge is 0.0975 e. The van der Waals surface area contributed by atoms with Crippen LogP contribution in [0.15, 0.2) is 114 Å². The molecule has 0 heterocycles. The number of nitrogens with one attached hydrogen (secondary N) is 1. The molecule has 0 aliphatic rings. The standard InChI is InChI=1S/C18H22N2.C14H14/c1-4-13-19-14(3)20-18(5-2)17-12-8-10-15-9-6-7-11-16(15)17;1-12(13-8-4-2-5-9-13)14-10-6-3-7-11-14/h5-12H,4,13H2,1-3H3,(H,19,20);2-12H,1H3/b18-5-;. The summed E-state index contributed by atoms with van der Waals surface area (Å²) < 4.78 is 0. The number of fused-ring (bicyclic) bond motifs is 1. The van der Waals surface area contributed by atoms with Crippen LogP contribution >= 0.6 is 0 Å². The molecule has 0 aromatic heterocycles. The van der Waals surface area contributed by atoms with Crippen molar-refractivity contribution in [2.45, 2.75) is 40.0 Å². The van der Waals surface area contributed by atoms with Crippen molar-refractivity contribution in [2.75, 3.05) is 6.54 Å². The maximum atomic E-state index is 4.50. The summed E-state index contributed by atoms with van der Waals surface area (Å²) in [5, 5.41) is 5.94. The Morgan fingerprint density at radius 2 is 1.35 bits per heavy atom. The molecule has 0 aliphatic heterocycles. The van der Waals surface area contributed by atoms with Crippen LogP contribution in [0.5, 0.6) is 0 Å². The molecule has 0 atom stereocenters. The molecule has 0 aliphatic carbocycles. The largest absolute Gasteiger partial charge is 0.344 e. The molecule has 0 saturated heterocycles. The van der Waals surface area contributed by atoms with E-state index in [-0.39, 0.29) is 0 Å². The predicted molar refractivity (Wildman–Crippen MR) is 149 cm³/mol. The van der Waals surface area contributed by atoms with E-state index in [0.29, 0.717) is 5.92 Å². The highest BCUT2D eigenvalue weighted by atomic mass is 15.0. The molecule has 174 valence electrons. The van der Waals surface area contributed by atoms with Gasteiger partial charge >= 0.3 is 0 Å². The number of amidine groups is 1. The molecule has 0 bridgehead atoms. The Kier molecular flexibility index (Phi) is 9.66. The molecule has 1 N–H and O–H groups in total. The number of aliphatic imine (C=N–C) groups is 1. The highest BCUT2D eigenvalue weighted by Gasteiger charge is 2.07. The van der Waals surface area contributed by atoms with Gasteiger partial charge in [-0.1, -0.05) is 123 Å². The van der Waals surface area contributed by atoms with Gasteiger partial charge in [0.1, 0.15) is 0 Å². The van der Waals surface area contributed by atoms with E-state index < -0.39 is 0 Å². The number of allylic oxidation sites excluding steroid dienone is 1. The molecule has 4 aromatic carbocycles. The molecule has 2 nitrogen and oxygen atoms in total. The van der Waals surface area contributed by atoms with E-state index in [1.54, 1.807) is 0 Å². The van der Waals surface area contributed by atoms with E-state index >= 15 is 0 Å². The third-order valence-corrected chi connectivity index (χ3v) is 5.86. The number of hydrogen-bond acceptors (Lipinski definition) is 1. The summed E-state index contributed by atoms with van der Waals surface area (Å²) in [5.74, 6) is 1.45. The average Bonchev–Trinajstić information content (AvgIpc) is 2.91. The molecule has 0 spiro atoms. The first kappa shape index (κ1) is 25.0. The Labute approximate surface area is 205 Å². The molecule has 0 saturated carbocycles. The summed E-state index contributed by atoms with van der Waals surface area (Å²) in [7, 11) is 0. The van der Waals surface area contributed by atoms with Crippen LogP contribution in [0.2, 0.25) is 0 Å². The fourth-order valence-electron chi connectivity index (χ4n) is 3.95. The molecule has 4 rings (SSSR count). The number of nitrogens with zero attached hydrogens (tertiary/aromatic N) is 1. The molecule has 0 amide bonds. The molecule has 0 radical (unpaired) electrons. The van der Waals surface area contributed by atoms with E-state index in [2.05, 4.69) is 140 Å². The van der Waals surface area contributed by atoms with Gasteiger partial charge < -0.3 is 5.32 Å². The number of benzene rings is 4. The third kappa shape index (κ3) is 6.92. The fraction of sp³-hybridized carbons (Fsp3) is 0.219. The van der Waals surface area contributed by atoms with Crippen LogP contribution in [0.4, 0.5) is 0 Å². The van der Waals surface area contributed by atoms with Crippen LogP contribution in [-0.2, 0) is 0 Å². The van der Waals surface area contributed by atoms with Crippen LogP contribution in [-0.4, -0.2) is 12.4 Å². The molecule has 0 fully saturated rings. The number of rotatable bonds is 6. The molecular weight excluding hydrogens is 412 g/mol. The van der Waals surface area contributed by atoms with Crippen LogP contribution in [0.3, 0.4) is 0 Å². The molecule has 2 heteroatoms. The summed E-state index contributed by atoms with van der Waals surface area (Å²) in [6.45, 7) is 9.32. The van der Waals surface area contributed by atoms with Crippen molar-refractivity contribution < 1.29 is 0 Å². The minimum atomic E-state index is 0.484. The average molecular weight is 449 g/mol. The van der Waals surface area contributed by atoms with Gasteiger partial charge in [-0.3, -0.25) is 4.99 Å². The van der Waals surface area contributed by atoms with Gasteiger partial charge in [-0.15, -0.1) is 0 Å². The Bertz CT molecular complexity index is 1160. The summed E-state index contributed by atoms with van der Waals surface area (Å²) in [5.41, 5.74) is 5.08. The molecule has 4 aromatic rings. The first-order valence-corrected chi connectivity index (χ1v) is 12.2. The highest BCUT2D eigenvalue weighted by molar-refractivity contribution is 5.97. The van der Waals surface area contributed by atoms with Crippen LogP contribution in [0, 0.1) is 0 Å². The third-order valence-electron chi connectivity index (χ3n) is 5.86. The SMILES string of the molecule is C/C=C(\NC(C)=NCCC)c1cccc2ccccc12.CC(c1ccccc1)c1ccccc1. The van der Waals surface area contributed by atoms with Crippen molar-refractivity contribution in [1.82, 2.24) is 5.32 Å². The zero-order valence-electron chi connectivity index (χ0n) is 20.8. The first-order valence-electron chi connectivity index (χ1n) is 12.2. The zero-order chi connectivity index (χ0) is 24.2. The van der Waals surface area contributed by atoms with Crippen molar-refractivity contribution in [2.24, 2.45) is 4.99 Å². The number of hydrogen-bond donors (Lipinski definition) is 1. The van der Waals surface area contributed by atoms with Crippen LogP contribution < -0.4 is 5.32 Å².